The largest absolute Gasteiger partial charge is 0.419 e. The van der Waals surface area contributed by atoms with Crippen LogP contribution in [0.2, 0.25) is 0 Å². The number of fused-ring (bicyclic) bond motifs is 2. The van der Waals surface area contributed by atoms with Crippen LogP contribution >= 0.6 is 36.3 Å². The summed E-state index contributed by atoms with van der Waals surface area (Å²) in [4.78, 5) is 22.4. The summed E-state index contributed by atoms with van der Waals surface area (Å²) in [5.74, 6) is 0. The maximum absolute atomic E-state index is 9.68. The van der Waals surface area contributed by atoms with Gasteiger partial charge in [-0.2, -0.15) is 0 Å². The van der Waals surface area contributed by atoms with Gasteiger partial charge in [0.15, 0.2) is 5.09 Å². The van der Waals surface area contributed by atoms with Crippen LogP contribution in [0.5, 0.6) is 0 Å². The van der Waals surface area contributed by atoms with Crippen molar-refractivity contribution in [2.75, 3.05) is 11.9 Å². The summed E-state index contributed by atoms with van der Waals surface area (Å²) >= 11 is 4.93. The quantitative estimate of drug-likeness (QED) is 0.265. The lowest BCUT2D eigenvalue weighted by Gasteiger charge is -2.32. The molecule has 0 fully saturated rings. The topological polar surface area (TPSA) is 52.9 Å². The van der Waals surface area contributed by atoms with Gasteiger partial charge in [-0.1, -0.05) is 60.3 Å². The first-order valence-corrected chi connectivity index (χ1v) is 11.3. The van der Waals surface area contributed by atoms with Crippen LogP contribution in [-0.4, -0.2) is 16.8 Å². The Kier molecular flexibility index (Phi) is 5.76. The molecule has 4 rings (SSSR count). The zero-order chi connectivity index (χ0) is 19.7. The summed E-state index contributed by atoms with van der Waals surface area (Å²) < 4.78 is 6.49. The van der Waals surface area contributed by atoms with Crippen LogP contribution in [0.1, 0.15) is 11.1 Å². The minimum Gasteiger partial charge on any atom is -0.419 e. The number of rotatable bonds is 4. The van der Waals surface area contributed by atoms with Crippen LogP contribution in [0.15, 0.2) is 87.3 Å². The predicted octanol–water partition coefficient (Wildman–Crippen LogP) is 6.27. The number of halogens is 1. The Morgan fingerprint density at radius 2 is 1.43 bits per heavy atom. The highest BCUT2D eigenvalue weighted by atomic mass is 79.9. The smallest absolute Gasteiger partial charge is 0.392 e. The molecular formula is C21H17BrNO3PS. The molecule has 0 atom stereocenters. The predicted molar refractivity (Wildman–Crippen MR) is 119 cm³/mol. The van der Waals surface area contributed by atoms with E-state index in [1.54, 1.807) is 0 Å². The fourth-order valence-corrected chi connectivity index (χ4v) is 5.22. The van der Waals surface area contributed by atoms with Crippen molar-refractivity contribution in [3.63, 3.8) is 0 Å². The summed E-state index contributed by atoms with van der Waals surface area (Å²) in [6, 6.07) is 23.9. The summed E-state index contributed by atoms with van der Waals surface area (Å²) in [7, 11) is -0.539. The van der Waals surface area contributed by atoms with Crippen molar-refractivity contribution in [2.45, 2.75) is 4.90 Å². The summed E-state index contributed by atoms with van der Waals surface area (Å²) in [5, 5.41) is 0.455. The fourth-order valence-electron chi connectivity index (χ4n) is 3.27. The van der Waals surface area contributed by atoms with Gasteiger partial charge in [0, 0.05) is 44.5 Å². The Morgan fingerprint density at radius 3 is 2.00 bits per heavy atom. The number of nitrogens with zero attached hydrogens (tertiary/aromatic N) is 1. The summed E-state index contributed by atoms with van der Waals surface area (Å²) in [6.45, 7) is 0. The number of para-hydroxylation sites is 2. The molecule has 3 aromatic carbocycles. The molecule has 142 valence electrons. The average Bonchev–Trinajstić information content (AvgIpc) is 2.69. The van der Waals surface area contributed by atoms with Gasteiger partial charge in [-0.3, -0.25) is 0 Å². The minimum atomic E-state index is -2.57. The van der Waals surface area contributed by atoms with E-state index in [2.05, 4.69) is 20.8 Å². The van der Waals surface area contributed by atoms with Gasteiger partial charge in [0.2, 0.25) is 0 Å². The number of hydrogen-bond donors (Lipinski definition) is 2. The van der Waals surface area contributed by atoms with E-state index in [9.17, 15) is 9.79 Å². The summed E-state index contributed by atoms with van der Waals surface area (Å²) in [5.41, 5.74) is 4.88. The number of benzene rings is 3. The molecule has 0 saturated carbocycles. The van der Waals surface area contributed by atoms with Gasteiger partial charge in [0.1, 0.15) is 0 Å². The van der Waals surface area contributed by atoms with Crippen molar-refractivity contribution >= 4 is 53.2 Å². The Labute approximate surface area is 177 Å². The van der Waals surface area contributed by atoms with Crippen molar-refractivity contribution in [3.05, 3.63) is 93.5 Å². The van der Waals surface area contributed by atoms with Crippen LogP contribution in [0.3, 0.4) is 0 Å². The van der Waals surface area contributed by atoms with Crippen LogP contribution < -0.4 is 4.90 Å². The second-order valence-electron chi connectivity index (χ2n) is 6.13. The minimum absolute atomic E-state index is 0.455. The highest BCUT2D eigenvalue weighted by Gasteiger charge is 2.28. The van der Waals surface area contributed by atoms with Gasteiger partial charge in [-0.15, -0.1) is 0 Å². The molecule has 3 aromatic rings. The SMILES string of the molecule is CN1c2ccccc2C(=C(OP(O)O)Sc2ccccc2Br)c2ccccc21. The Hall–Kier alpha value is -1.82. The fraction of sp³-hybridized carbons (Fsp3) is 0.0476. The van der Waals surface area contributed by atoms with Gasteiger partial charge >= 0.3 is 8.60 Å². The first kappa shape index (κ1) is 19.5. The van der Waals surface area contributed by atoms with Crippen LogP contribution in [0.4, 0.5) is 11.4 Å². The van der Waals surface area contributed by atoms with Crippen molar-refractivity contribution < 1.29 is 14.3 Å². The molecule has 2 N–H and O–H groups in total. The average molecular weight is 474 g/mol. The molecule has 28 heavy (non-hydrogen) atoms. The molecule has 0 amide bonds. The van der Waals surface area contributed by atoms with E-state index in [1.807, 2.05) is 79.8 Å². The number of thioether (sulfide) groups is 1. The highest BCUT2D eigenvalue weighted by Crippen LogP contribution is 2.51. The van der Waals surface area contributed by atoms with E-state index >= 15 is 0 Å². The molecule has 7 heteroatoms. The second-order valence-corrected chi connectivity index (χ2v) is 8.69. The molecule has 0 bridgehead atoms. The number of anilines is 2. The zero-order valence-electron chi connectivity index (χ0n) is 14.9. The first-order valence-electron chi connectivity index (χ1n) is 8.51. The monoisotopic (exact) mass is 473 g/mol. The number of hydrogen-bond acceptors (Lipinski definition) is 5. The van der Waals surface area contributed by atoms with E-state index in [1.165, 1.54) is 11.8 Å². The molecule has 4 nitrogen and oxygen atoms in total. The van der Waals surface area contributed by atoms with Crippen molar-refractivity contribution in [1.29, 1.82) is 0 Å². The first-order chi connectivity index (χ1) is 13.6. The normalized spacial score (nSPS) is 12.6. The maximum atomic E-state index is 9.68. The molecule has 1 aliphatic heterocycles. The third-order valence-electron chi connectivity index (χ3n) is 4.48. The van der Waals surface area contributed by atoms with Crippen molar-refractivity contribution in [3.8, 4) is 0 Å². The van der Waals surface area contributed by atoms with E-state index in [0.717, 1.165) is 37.4 Å². The van der Waals surface area contributed by atoms with Crippen LogP contribution in [0, 0.1) is 0 Å². The maximum Gasteiger partial charge on any atom is 0.392 e. The Balaban J connectivity index is 1.97. The third-order valence-corrected chi connectivity index (χ3v) is 6.95. The van der Waals surface area contributed by atoms with E-state index in [-0.39, 0.29) is 0 Å². The van der Waals surface area contributed by atoms with Crippen LogP contribution in [0.25, 0.3) is 5.57 Å². The lowest BCUT2D eigenvalue weighted by atomic mass is 9.91. The Morgan fingerprint density at radius 1 is 0.893 bits per heavy atom. The van der Waals surface area contributed by atoms with Gasteiger partial charge in [-0.05, 0) is 40.2 Å². The molecule has 1 heterocycles. The molecular weight excluding hydrogens is 457 g/mol. The lowest BCUT2D eigenvalue weighted by molar-refractivity contribution is 0.337. The van der Waals surface area contributed by atoms with Gasteiger partial charge in [-0.25, -0.2) is 0 Å². The molecule has 0 radical (unpaired) electrons. The Bertz CT molecular complexity index is 1010. The van der Waals surface area contributed by atoms with Crippen molar-refractivity contribution in [2.24, 2.45) is 0 Å². The molecule has 0 aliphatic carbocycles. The van der Waals surface area contributed by atoms with Crippen LogP contribution in [-0.2, 0) is 4.52 Å². The third kappa shape index (κ3) is 3.71. The van der Waals surface area contributed by atoms with E-state index < -0.39 is 8.60 Å². The van der Waals surface area contributed by atoms with E-state index in [4.69, 9.17) is 4.52 Å². The molecule has 0 saturated heterocycles. The van der Waals surface area contributed by atoms with E-state index in [0.29, 0.717) is 5.09 Å². The van der Waals surface area contributed by atoms with Gasteiger partial charge in [0.25, 0.3) is 0 Å². The summed E-state index contributed by atoms with van der Waals surface area (Å²) in [6.07, 6.45) is 0. The highest BCUT2D eigenvalue weighted by molar-refractivity contribution is 9.10. The molecule has 0 unspecified atom stereocenters. The standard InChI is InChI=1S/C21H17BrNO3PS/c1-23-17-11-5-2-8-14(17)20(15-9-3-6-12-18(15)23)21(26-27(24)25)28-19-13-7-4-10-16(19)22/h2-13,24-25H,1H3. The zero-order valence-corrected chi connectivity index (χ0v) is 18.2. The molecule has 1 aliphatic rings. The van der Waals surface area contributed by atoms with Crippen molar-refractivity contribution in [1.82, 2.24) is 0 Å². The van der Waals surface area contributed by atoms with Gasteiger partial charge in [0.05, 0.1) is 0 Å². The lowest BCUT2D eigenvalue weighted by Crippen LogP contribution is -2.18. The molecule has 0 spiro atoms. The molecule has 0 aromatic heterocycles. The van der Waals surface area contributed by atoms with Gasteiger partial charge < -0.3 is 19.2 Å². The second kappa shape index (κ2) is 8.27.